The van der Waals surface area contributed by atoms with Gasteiger partial charge in [-0.3, -0.25) is 5.32 Å². The predicted octanol–water partition coefficient (Wildman–Crippen LogP) is 4.71. The molecular weight excluding hydrogens is 339 g/mol. The summed E-state index contributed by atoms with van der Waals surface area (Å²) in [7, 11) is 0. The van der Waals surface area contributed by atoms with Gasteiger partial charge < -0.3 is 4.74 Å². The van der Waals surface area contributed by atoms with E-state index in [4.69, 9.17) is 0 Å². The summed E-state index contributed by atoms with van der Waals surface area (Å²) in [5.41, 5.74) is 0.385. The van der Waals surface area contributed by atoms with Gasteiger partial charge in [-0.15, -0.1) is 0 Å². The monoisotopic (exact) mass is 347 g/mol. The Balaban J connectivity index is 2.18. The fourth-order valence-electron chi connectivity index (χ4n) is 1.66. The number of rotatable bonds is 2. The number of halogens is 4. The van der Waals surface area contributed by atoms with Crippen LogP contribution in [0.2, 0.25) is 0 Å². The van der Waals surface area contributed by atoms with Crippen molar-refractivity contribution in [1.82, 2.24) is 0 Å². The molecule has 0 unspecified atom stereocenters. The third-order valence-electron chi connectivity index (χ3n) is 2.47. The zero-order valence-corrected chi connectivity index (χ0v) is 11.6. The molecule has 3 nitrogen and oxygen atoms in total. The summed E-state index contributed by atoms with van der Waals surface area (Å²) >= 11 is 3.36. The van der Waals surface area contributed by atoms with E-state index in [0.717, 1.165) is 9.86 Å². The van der Waals surface area contributed by atoms with Crippen LogP contribution in [-0.2, 0) is 4.74 Å². The molecule has 1 N–H and O–H groups in total. The van der Waals surface area contributed by atoms with Crippen molar-refractivity contribution in [2.75, 3.05) is 11.9 Å². The van der Waals surface area contributed by atoms with Gasteiger partial charge in [-0.2, -0.15) is 13.2 Å². The number of alkyl halides is 3. The molecule has 2 aromatic carbocycles. The van der Waals surface area contributed by atoms with Crippen LogP contribution in [0.3, 0.4) is 0 Å². The summed E-state index contributed by atoms with van der Waals surface area (Å²) in [5, 5.41) is 3.84. The van der Waals surface area contributed by atoms with Crippen molar-refractivity contribution in [2.45, 2.75) is 6.18 Å². The number of hydrogen-bond donors (Lipinski definition) is 1. The molecule has 0 fully saturated rings. The molecular formula is C13H9BrF3NO2. The molecule has 0 aliphatic heterocycles. The largest absolute Gasteiger partial charge is 0.440 e. The van der Waals surface area contributed by atoms with E-state index in [1.165, 1.54) is 0 Å². The Kier molecular flexibility index (Phi) is 4.17. The highest BCUT2D eigenvalue weighted by Gasteiger charge is 2.29. The molecule has 1 amide bonds. The van der Waals surface area contributed by atoms with Crippen molar-refractivity contribution in [3.63, 3.8) is 0 Å². The maximum atomic E-state index is 11.9. The van der Waals surface area contributed by atoms with Crippen molar-refractivity contribution in [3.8, 4) is 0 Å². The lowest BCUT2D eigenvalue weighted by atomic mass is 10.1. The molecule has 20 heavy (non-hydrogen) atoms. The van der Waals surface area contributed by atoms with E-state index in [9.17, 15) is 18.0 Å². The molecule has 7 heteroatoms. The van der Waals surface area contributed by atoms with Gasteiger partial charge in [0.1, 0.15) is 0 Å². The van der Waals surface area contributed by atoms with E-state index in [2.05, 4.69) is 26.0 Å². The second-order valence-electron chi connectivity index (χ2n) is 3.96. The maximum absolute atomic E-state index is 11.9. The zero-order valence-electron chi connectivity index (χ0n) is 10.00. The topological polar surface area (TPSA) is 38.3 Å². The third kappa shape index (κ3) is 3.63. The van der Waals surface area contributed by atoms with Gasteiger partial charge in [0.25, 0.3) is 0 Å². The van der Waals surface area contributed by atoms with E-state index in [1.807, 2.05) is 12.1 Å². The molecule has 0 heterocycles. The highest BCUT2D eigenvalue weighted by Crippen LogP contribution is 2.30. The van der Waals surface area contributed by atoms with Gasteiger partial charge in [-0.05, 0) is 17.5 Å². The maximum Gasteiger partial charge on any atom is 0.422 e. The van der Waals surface area contributed by atoms with Gasteiger partial charge >= 0.3 is 12.3 Å². The molecule has 2 aromatic rings. The van der Waals surface area contributed by atoms with Gasteiger partial charge in [-0.1, -0.05) is 40.2 Å². The molecule has 0 aliphatic rings. The highest BCUT2D eigenvalue weighted by atomic mass is 79.9. The summed E-state index contributed by atoms with van der Waals surface area (Å²) in [5.74, 6) is 0. The lowest BCUT2D eigenvalue weighted by Gasteiger charge is -2.11. The van der Waals surface area contributed by atoms with Crippen molar-refractivity contribution in [3.05, 3.63) is 40.9 Å². The molecule has 106 valence electrons. The minimum atomic E-state index is -4.54. The van der Waals surface area contributed by atoms with E-state index in [-0.39, 0.29) is 0 Å². The van der Waals surface area contributed by atoms with Crippen molar-refractivity contribution >= 4 is 38.5 Å². The van der Waals surface area contributed by atoms with Crippen LogP contribution >= 0.6 is 15.9 Å². The van der Waals surface area contributed by atoms with Crippen LogP contribution in [0, 0.1) is 0 Å². The first-order valence-corrected chi connectivity index (χ1v) is 6.34. The van der Waals surface area contributed by atoms with E-state index in [1.54, 1.807) is 24.3 Å². The lowest BCUT2D eigenvalue weighted by molar-refractivity contribution is -0.159. The fraction of sp³-hybridized carbons (Fsp3) is 0.154. The quantitative estimate of drug-likeness (QED) is 0.853. The Bertz CT molecular complexity index is 643. The summed E-state index contributed by atoms with van der Waals surface area (Å²) in [6.07, 6.45) is -5.69. The SMILES string of the molecule is O=C(Nc1ccc(Br)c2ccccc12)OCC(F)(F)F. The van der Waals surface area contributed by atoms with Gasteiger partial charge in [0.05, 0.1) is 5.69 Å². The molecule has 0 saturated heterocycles. The second kappa shape index (κ2) is 5.70. The van der Waals surface area contributed by atoms with Crippen molar-refractivity contribution in [1.29, 1.82) is 0 Å². The second-order valence-corrected chi connectivity index (χ2v) is 4.81. The number of carbonyl (C=O) groups excluding carboxylic acids is 1. The standard InChI is InChI=1S/C13H9BrF3NO2/c14-10-5-6-11(9-4-2-1-3-8(9)10)18-12(19)20-7-13(15,16)17/h1-6H,7H2,(H,18,19). The highest BCUT2D eigenvalue weighted by molar-refractivity contribution is 9.10. The fourth-order valence-corrected chi connectivity index (χ4v) is 2.14. The van der Waals surface area contributed by atoms with E-state index < -0.39 is 18.9 Å². The normalized spacial score (nSPS) is 11.4. The molecule has 2 rings (SSSR count). The Labute approximate surface area is 120 Å². The summed E-state index contributed by atoms with van der Waals surface area (Å²) in [6, 6.07) is 10.4. The average Bonchev–Trinajstić information content (AvgIpc) is 2.39. The number of carbonyl (C=O) groups is 1. The summed E-state index contributed by atoms with van der Waals surface area (Å²) < 4.78 is 40.8. The van der Waals surface area contributed by atoms with Gasteiger partial charge in [0, 0.05) is 9.86 Å². The molecule has 0 aromatic heterocycles. The Morgan fingerprint density at radius 1 is 1.15 bits per heavy atom. The van der Waals surface area contributed by atoms with E-state index in [0.29, 0.717) is 11.1 Å². The lowest BCUT2D eigenvalue weighted by Crippen LogP contribution is -2.23. The number of ether oxygens (including phenoxy) is 1. The number of nitrogens with one attached hydrogen (secondary N) is 1. The zero-order chi connectivity index (χ0) is 14.8. The average molecular weight is 348 g/mol. The molecule has 0 saturated carbocycles. The first kappa shape index (κ1) is 14.6. The van der Waals surface area contributed by atoms with E-state index >= 15 is 0 Å². The Hall–Kier alpha value is -1.76. The third-order valence-corrected chi connectivity index (χ3v) is 3.17. The predicted molar refractivity (Wildman–Crippen MR) is 72.7 cm³/mol. The number of benzene rings is 2. The van der Waals surface area contributed by atoms with Gasteiger partial charge in [0.15, 0.2) is 6.61 Å². The van der Waals surface area contributed by atoms with Crippen LogP contribution < -0.4 is 5.32 Å². The number of amides is 1. The summed E-state index contributed by atoms with van der Waals surface area (Å²) in [4.78, 5) is 11.3. The van der Waals surface area contributed by atoms with Gasteiger partial charge in [0.2, 0.25) is 0 Å². The number of anilines is 1. The number of fused-ring (bicyclic) bond motifs is 1. The summed E-state index contributed by atoms with van der Waals surface area (Å²) in [6.45, 7) is -1.62. The van der Waals surface area contributed by atoms with Crippen molar-refractivity contribution in [2.24, 2.45) is 0 Å². The van der Waals surface area contributed by atoms with Crippen LogP contribution in [0.15, 0.2) is 40.9 Å². The van der Waals surface area contributed by atoms with Crippen LogP contribution in [-0.4, -0.2) is 18.9 Å². The Morgan fingerprint density at radius 3 is 2.45 bits per heavy atom. The van der Waals surface area contributed by atoms with Gasteiger partial charge in [-0.25, -0.2) is 4.79 Å². The van der Waals surface area contributed by atoms with Crippen LogP contribution in [0.25, 0.3) is 10.8 Å². The minimum Gasteiger partial charge on any atom is -0.440 e. The molecule has 0 spiro atoms. The smallest absolute Gasteiger partial charge is 0.422 e. The van der Waals surface area contributed by atoms with Crippen LogP contribution in [0.4, 0.5) is 23.7 Å². The molecule has 0 aliphatic carbocycles. The first-order chi connectivity index (χ1) is 9.37. The van der Waals surface area contributed by atoms with Crippen molar-refractivity contribution < 1.29 is 22.7 Å². The molecule has 0 atom stereocenters. The first-order valence-electron chi connectivity index (χ1n) is 5.54. The molecule has 0 radical (unpaired) electrons. The minimum absolute atomic E-state index is 0.385. The molecule has 0 bridgehead atoms. The Morgan fingerprint density at radius 2 is 1.80 bits per heavy atom. The number of hydrogen-bond acceptors (Lipinski definition) is 2. The van der Waals surface area contributed by atoms with Crippen LogP contribution in [0.5, 0.6) is 0 Å². The van der Waals surface area contributed by atoms with Crippen LogP contribution in [0.1, 0.15) is 0 Å².